The molecule has 27 heavy (non-hydrogen) atoms. The van der Waals surface area contributed by atoms with E-state index in [0.717, 1.165) is 0 Å². The van der Waals surface area contributed by atoms with Gasteiger partial charge in [-0.3, -0.25) is 0 Å². The number of hydrogen-bond acceptors (Lipinski definition) is 14. The fraction of sp³-hybridized carbons (Fsp3) is 0.667. The second kappa shape index (κ2) is 15.2. The van der Waals surface area contributed by atoms with Gasteiger partial charge < -0.3 is 70.2 Å². The van der Waals surface area contributed by atoms with Crippen molar-refractivity contribution >= 4 is 62.2 Å². The first-order valence-electron chi connectivity index (χ1n) is 6.60. The summed E-state index contributed by atoms with van der Waals surface area (Å²) in [6.07, 6.45) is -17.3. The van der Waals surface area contributed by atoms with Crippen molar-refractivity contribution in [2.45, 2.75) is 48.8 Å². The van der Waals surface area contributed by atoms with E-state index >= 15 is 0 Å². The van der Waals surface area contributed by atoms with Crippen LogP contribution in [0.15, 0.2) is 0 Å². The van der Waals surface area contributed by atoms with Crippen LogP contribution in [0.5, 0.6) is 0 Å². The minimum atomic E-state index is -2.36. The number of aldehydes is 2. The number of carbonyl (C=O) groups excluding carboxylic acids is 4. The minimum Gasteiger partial charge on any atom is -0.547 e. The Morgan fingerprint density at radius 2 is 0.815 bits per heavy atom. The quantitative estimate of drug-likeness (QED) is 0.119. The molecule has 0 bridgehead atoms. The molecule has 0 saturated carbocycles. The van der Waals surface area contributed by atoms with E-state index in [1.807, 2.05) is 0 Å². The normalized spacial score (nSPS) is 19.3. The Morgan fingerprint density at radius 1 is 0.593 bits per heavy atom. The Balaban J connectivity index is -0.000000411. The van der Waals surface area contributed by atoms with Crippen LogP contribution in [0, 0.1) is 0 Å². The van der Waals surface area contributed by atoms with Crippen molar-refractivity contribution in [3.63, 3.8) is 0 Å². The molecule has 0 radical (unpaired) electrons. The van der Waals surface area contributed by atoms with E-state index in [0.29, 0.717) is 0 Å². The van der Waals surface area contributed by atoms with Gasteiger partial charge in [0.1, 0.15) is 48.8 Å². The molecular formula is C12H18CaO14. The van der Waals surface area contributed by atoms with Crippen LogP contribution in [-0.4, -0.2) is 152 Å². The number of aliphatic carboxylic acids is 2. The maximum atomic E-state index is 9.95. The van der Waals surface area contributed by atoms with Crippen molar-refractivity contribution < 1.29 is 70.2 Å². The first kappa shape index (κ1) is 30.9. The molecule has 0 fully saturated rings. The summed E-state index contributed by atoms with van der Waals surface area (Å²) in [6, 6.07) is 0. The van der Waals surface area contributed by atoms with Gasteiger partial charge in [0.05, 0.1) is 11.9 Å². The summed E-state index contributed by atoms with van der Waals surface area (Å²) in [7, 11) is 0. The molecule has 0 unspecified atom stereocenters. The Bertz CT molecular complexity index is 431. The Kier molecular flexibility index (Phi) is 17.4. The molecule has 0 aromatic heterocycles. The van der Waals surface area contributed by atoms with Crippen molar-refractivity contribution in [1.29, 1.82) is 0 Å². The van der Waals surface area contributed by atoms with Gasteiger partial charge in [0.2, 0.25) is 0 Å². The monoisotopic (exact) mass is 426 g/mol. The maximum absolute atomic E-state index is 9.95. The van der Waals surface area contributed by atoms with Crippen LogP contribution in [0.4, 0.5) is 0 Å². The average molecular weight is 426 g/mol. The zero-order valence-corrected chi connectivity index (χ0v) is 15.7. The summed E-state index contributed by atoms with van der Waals surface area (Å²) in [5.74, 6) is -4.02. The van der Waals surface area contributed by atoms with Gasteiger partial charge in [-0.05, 0) is 0 Å². The fourth-order valence-electron chi connectivity index (χ4n) is 1.22. The largest absolute Gasteiger partial charge is 2.00 e. The van der Waals surface area contributed by atoms with E-state index < -0.39 is 60.8 Å². The SMILES string of the molecule is O=C[C@H](O)[C@H](O)[C@@H](O)[C@H](O)C(=O)[O-].O=C[C@H](O)[C@H](O)[C@@H](O)[C@H](O)C(=O)[O-].[Ca+2]. The van der Waals surface area contributed by atoms with Gasteiger partial charge in [0.15, 0.2) is 12.6 Å². The Morgan fingerprint density at radius 3 is 0.963 bits per heavy atom. The number of carboxylic acid groups (broad SMARTS) is 2. The van der Waals surface area contributed by atoms with Gasteiger partial charge in [-0.25, -0.2) is 0 Å². The molecular weight excluding hydrogens is 408 g/mol. The third-order valence-corrected chi connectivity index (χ3v) is 2.81. The second-order valence-electron chi connectivity index (χ2n) is 4.74. The number of carbonyl (C=O) groups is 4. The molecule has 0 aromatic carbocycles. The molecule has 8 N–H and O–H groups in total. The number of carboxylic acids is 2. The van der Waals surface area contributed by atoms with E-state index in [9.17, 15) is 29.4 Å². The van der Waals surface area contributed by atoms with Crippen molar-refractivity contribution in [3.05, 3.63) is 0 Å². The molecule has 0 aliphatic rings. The third kappa shape index (κ3) is 11.0. The smallest absolute Gasteiger partial charge is 0.547 e. The first-order valence-corrected chi connectivity index (χ1v) is 6.60. The topological polar surface area (TPSA) is 276 Å². The van der Waals surface area contributed by atoms with Crippen LogP contribution in [0.1, 0.15) is 0 Å². The number of aliphatic hydroxyl groups excluding tert-OH is 8. The summed E-state index contributed by atoms with van der Waals surface area (Å²) < 4.78 is 0. The van der Waals surface area contributed by atoms with E-state index in [2.05, 4.69) is 0 Å². The van der Waals surface area contributed by atoms with E-state index in [1.165, 1.54) is 0 Å². The van der Waals surface area contributed by atoms with Crippen molar-refractivity contribution in [2.75, 3.05) is 0 Å². The third-order valence-electron chi connectivity index (χ3n) is 2.81. The van der Waals surface area contributed by atoms with Crippen LogP contribution in [0.25, 0.3) is 0 Å². The van der Waals surface area contributed by atoms with Crippen LogP contribution >= 0.6 is 0 Å². The van der Waals surface area contributed by atoms with Gasteiger partial charge in [-0.2, -0.15) is 0 Å². The van der Waals surface area contributed by atoms with Gasteiger partial charge in [-0.1, -0.05) is 0 Å². The molecule has 0 amide bonds. The fourth-order valence-corrected chi connectivity index (χ4v) is 1.22. The Hall–Kier alpha value is -0.780. The predicted octanol–water partition coefficient (Wildman–Crippen LogP) is -9.62. The molecule has 0 rings (SSSR count). The molecule has 14 nitrogen and oxygen atoms in total. The molecule has 0 aliphatic heterocycles. The molecule has 0 aliphatic carbocycles. The van der Waals surface area contributed by atoms with Crippen LogP contribution < -0.4 is 10.2 Å². The van der Waals surface area contributed by atoms with Crippen molar-refractivity contribution in [2.24, 2.45) is 0 Å². The van der Waals surface area contributed by atoms with Gasteiger partial charge in [-0.15, -0.1) is 0 Å². The molecule has 152 valence electrons. The zero-order valence-electron chi connectivity index (χ0n) is 13.5. The second-order valence-corrected chi connectivity index (χ2v) is 4.74. The Labute approximate surface area is 180 Å². The summed E-state index contributed by atoms with van der Waals surface area (Å²) in [5, 5.41) is 89.7. The van der Waals surface area contributed by atoms with E-state index in [1.54, 1.807) is 0 Å². The molecule has 0 spiro atoms. The molecule has 0 aromatic rings. The molecule has 8 atom stereocenters. The summed E-state index contributed by atoms with van der Waals surface area (Å²) in [6.45, 7) is 0. The van der Waals surface area contributed by atoms with Crippen LogP contribution in [0.2, 0.25) is 0 Å². The average Bonchev–Trinajstić information content (AvgIpc) is 2.62. The van der Waals surface area contributed by atoms with Crippen molar-refractivity contribution in [3.8, 4) is 0 Å². The number of hydrogen-bond donors (Lipinski definition) is 8. The van der Waals surface area contributed by atoms with E-state index in [-0.39, 0.29) is 50.3 Å². The maximum Gasteiger partial charge on any atom is 2.00 e. The van der Waals surface area contributed by atoms with Gasteiger partial charge in [0, 0.05) is 0 Å². The minimum absolute atomic E-state index is 0. The van der Waals surface area contributed by atoms with Gasteiger partial charge >= 0.3 is 37.7 Å². The predicted molar refractivity (Wildman–Crippen MR) is 76.0 cm³/mol. The summed E-state index contributed by atoms with van der Waals surface area (Å²) in [4.78, 5) is 39.7. The van der Waals surface area contributed by atoms with Crippen LogP contribution in [0.3, 0.4) is 0 Å². The standard InChI is InChI=1S/2C6H10O7.Ca/c2*7-1-2(8)3(9)4(10)5(11)6(12)13;/h2*1-5,8-11H,(H,12,13);/q;;+2/p-2/t2*2-,3-,4+,5-;/m00./s1. The van der Waals surface area contributed by atoms with E-state index in [4.69, 9.17) is 40.9 Å². The summed E-state index contributed by atoms with van der Waals surface area (Å²) in [5.41, 5.74) is 0. The first-order chi connectivity index (χ1) is 11.8. The molecule has 15 heteroatoms. The van der Waals surface area contributed by atoms with Crippen molar-refractivity contribution in [1.82, 2.24) is 0 Å². The summed E-state index contributed by atoms with van der Waals surface area (Å²) >= 11 is 0. The molecule has 0 saturated heterocycles. The number of rotatable bonds is 10. The number of aliphatic hydroxyl groups is 8. The zero-order chi connectivity index (χ0) is 21.2. The van der Waals surface area contributed by atoms with Crippen LogP contribution in [-0.2, 0) is 19.2 Å². The molecule has 0 heterocycles. The van der Waals surface area contributed by atoms with Gasteiger partial charge in [0.25, 0.3) is 0 Å².